The lowest BCUT2D eigenvalue weighted by atomic mass is 9.80. The van der Waals surface area contributed by atoms with Crippen LogP contribution >= 0.6 is 0 Å². The molecular formula is C18H23FO2. The fourth-order valence-electron chi connectivity index (χ4n) is 2.81. The quantitative estimate of drug-likeness (QED) is 0.863. The van der Waals surface area contributed by atoms with Gasteiger partial charge in [0, 0.05) is 5.56 Å². The van der Waals surface area contributed by atoms with E-state index < -0.39 is 0 Å². The molecular weight excluding hydrogens is 267 g/mol. The maximum Gasteiger partial charge on any atom is 0.124 e. The van der Waals surface area contributed by atoms with Crippen molar-refractivity contribution in [2.24, 2.45) is 11.8 Å². The van der Waals surface area contributed by atoms with Crippen LogP contribution in [0.4, 0.5) is 4.39 Å². The van der Waals surface area contributed by atoms with Gasteiger partial charge in [0.2, 0.25) is 0 Å². The van der Waals surface area contributed by atoms with Gasteiger partial charge < -0.3 is 9.84 Å². The first-order chi connectivity index (χ1) is 10.1. The van der Waals surface area contributed by atoms with Crippen molar-refractivity contribution in [1.82, 2.24) is 0 Å². The van der Waals surface area contributed by atoms with Gasteiger partial charge in [0.25, 0.3) is 0 Å². The third-order valence-electron chi connectivity index (χ3n) is 4.31. The monoisotopic (exact) mass is 290 g/mol. The number of hydrogen-bond acceptors (Lipinski definition) is 2. The topological polar surface area (TPSA) is 29.5 Å². The Balaban J connectivity index is 1.95. The van der Waals surface area contributed by atoms with E-state index in [1.165, 1.54) is 18.6 Å². The molecule has 0 bridgehead atoms. The standard InChI is InChI=1S/C18H23FO2/c1-13-5-6-18(8-14(13)2)21-12-16-9-15(4-3-7-20)10-17(19)11-16/h9-11,13-14,18,20H,5-8,12H2,1-2H3. The van der Waals surface area contributed by atoms with E-state index in [1.54, 1.807) is 0 Å². The minimum Gasteiger partial charge on any atom is -0.384 e. The fourth-order valence-corrected chi connectivity index (χ4v) is 2.81. The highest BCUT2D eigenvalue weighted by molar-refractivity contribution is 5.37. The van der Waals surface area contributed by atoms with Crippen molar-refractivity contribution in [2.75, 3.05) is 6.61 Å². The van der Waals surface area contributed by atoms with Crippen molar-refractivity contribution in [1.29, 1.82) is 0 Å². The van der Waals surface area contributed by atoms with Crippen LogP contribution in [0.2, 0.25) is 0 Å². The van der Waals surface area contributed by atoms with Crippen LogP contribution in [0.25, 0.3) is 0 Å². The van der Waals surface area contributed by atoms with E-state index in [4.69, 9.17) is 9.84 Å². The summed E-state index contributed by atoms with van der Waals surface area (Å²) in [6.45, 7) is 4.75. The third-order valence-corrected chi connectivity index (χ3v) is 4.31. The molecule has 3 heteroatoms. The maximum absolute atomic E-state index is 13.5. The number of aliphatic hydroxyl groups excluding tert-OH is 1. The van der Waals surface area contributed by atoms with E-state index in [9.17, 15) is 4.39 Å². The second-order valence-electron chi connectivity index (χ2n) is 6.01. The zero-order chi connectivity index (χ0) is 15.2. The smallest absolute Gasteiger partial charge is 0.124 e. The molecule has 3 atom stereocenters. The predicted octanol–water partition coefficient (Wildman–Crippen LogP) is 3.51. The van der Waals surface area contributed by atoms with Gasteiger partial charge in [-0.25, -0.2) is 4.39 Å². The van der Waals surface area contributed by atoms with Crippen molar-refractivity contribution in [3.05, 3.63) is 35.1 Å². The molecule has 1 aromatic rings. The number of hydrogen-bond donors (Lipinski definition) is 1. The Morgan fingerprint density at radius 3 is 2.76 bits per heavy atom. The zero-order valence-electron chi connectivity index (χ0n) is 12.7. The Kier molecular flexibility index (Phi) is 5.78. The number of benzene rings is 1. The van der Waals surface area contributed by atoms with E-state index >= 15 is 0 Å². The molecule has 0 spiro atoms. The maximum atomic E-state index is 13.5. The molecule has 1 aliphatic rings. The van der Waals surface area contributed by atoms with E-state index in [-0.39, 0.29) is 18.5 Å². The molecule has 21 heavy (non-hydrogen) atoms. The van der Waals surface area contributed by atoms with Gasteiger partial charge in [-0.2, -0.15) is 0 Å². The van der Waals surface area contributed by atoms with Crippen LogP contribution < -0.4 is 0 Å². The van der Waals surface area contributed by atoms with E-state index in [1.807, 2.05) is 6.07 Å². The molecule has 0 amide bonds. The molecule has 0 aliphatic heterocycles. The highest BCUT2D eigenvalue weighted by Crippen LogP contribution is 2.31. The molecule has 0 heterocycles. The lowest BCUT2D eigenvalue weighted by Gasteiger charge is -2.32. The second-order valence-corrected chi connectivity index (χ2v) is 6.01. The van der Waals surface area contributed by atoms with Crippen LogP contribution in [0, 0.1) is 29.5 Å². The summed E-state index contributed by atoms with van der Waals surface area (Å²) in [6, 6.07) is 4.68. The van der Waals surface area contributed by atoms with Gasteiger partial charge in [-0.1, -0.05) is 25.7 Å². The van der Waals surface area contributed by atoms with Crippen molar-refractivity contribution < 1.29 is 14.2 Å². The predicted molar refractivity (Wildman–Crippen MR) is 81.1 cm³/mol. The number of aliphatic hydroxyl groups is 1. The summed E-state index contributed by atoms with van der Waals surface area (Å²) < 4.78 is 19.5. The minimum absolute atomic E-state index is 0.222. The van der Waals surface area contributed by atoms with Gasteiger partial charge in [-0.15, -0.1) is 0 Å². The molecule has 0 radical (unpaired) electrons. The average Bonchev–Trinajstić information content (AvgIpc) is 2.46. The summed E-state index contributed by atoms with van der Waals surface area (Å²) in [6.07, 6.45) is 3.62. The molecule has 114 valence electrons. The van der Waals surface area contributed by atoms with Crippen molar-refractivity contribution in [3.8, 4) is 11.8 Å². The van der Waals surface area contributed by atoms with Crippen molar-refractivity contribution >= 4 is 0 Å². The Labute approximate surface area is 126 Å². The summed E-state index contributed by atoms with van der Waals surface area (Å²) in [5.41, 5.74) is 1.37. The van der Waals surface area contributed by atoms with Crippen LogP contribution in [-0.4, -0.2) is 17.8 Å². The van der Waals surface area contributed by atoms with Gasteiger partial charge >= 0.3 is 0 Å². The summed E-state index contributed by atoms with van der Waals surface area (Å²) in [4.78, 5) is 0. The van der Waals surface area contributed by atoms with Crippen molar-refractivity contribution in [3.63, 3.8) is 0 Å². The first-order valence-electron chi connectivity index (χ1n) is 7.59. The molecule has 0 aromatic heterocycles. The summed E-state index contributed by atoms with van der Waals surface area (Å²) in [7, 11) is 0. The SMILES string of the molecule is CC1CCC(OCc2cc(F)cc(C#CCO)c2)CC1C. The Morgan fingerprint density at radius 1 is 1.24 bits per heavy atom. The number of halogens is 1. The Bertz CT molecular complexity index is 530. The van der Waals surface area contributed by atoms with E-state index in [0.717, 1.165) is 24.3 Å². The lowest BCUT2D eigenvalue weighted by molar-refractivity contribution is -0.00753. The van der Waals surface area contributed by atoms with Crippen molar-refractivity contribution in [2.45, 2.75) is 45.8 Å². The van der Waals surface area contributed by atoms with Gasteiger partial charge in [0.05, 0.1) is 12.7 Å². The highest BCUT2D eigenvalue weighted by Gasteiger charge is 2.24. The molecule has 1 fully saturated rings. The third kappa shape index (κ3) is 4.84. The highest BCUT2D eigenvalue weighted by atomic mass is 19.1. The minimum atomic E-state index is -0.316. The first-order valence-corrected chi connectivity index (χ1v) is 7.59. The lowest BCUT2D eigenvalue weighted by Crippen LogP contribution is -2.26. The molecule has 3 unspecified atom stereocenters. The average molecular weight is 290 g/mol. The van der Waals surface area contributed by atoms with Crippen LogP contribution in [0.1, 0.15) is 44.2 Å². The van der Waals surface area contributed by atoms with Crippen LogP contribution in [0.3, 0.4) is 0 Å². The van der Waals surface area contributed by atoms with Crippen LogP contribution in [-0.2, 0) is 11.3 Å². The molecule has 2 nitrogen and oxygen atoms in total. The molecule has 1 aliphatic carbocycles. The molecule has 1 saturated carbocycles. The first kappa shape index (κ1) is 16.0. The molecule has 1 N–H and O–H groups in total. The second kappa shape index (κ2) is 7.59. The van der Waals surface area contributed by atoms with Gasteiger partial charge in [-0.05, 0) is 54.9 Å². The van der Waals surface area contributed by atoms with E-state index in [2.05, 4.69) is 25.7 Å². The van der Waals surface area contributed by atoms with Crippen LogP contribution in [0.5, 0.6) is 0 Å². The molecule has 1 aromatic carbocycles. The zero-order valence-corrected chi connectivity index (χ0v) is 12.7. The molecule has 2 rings (SSSR count). The number of rotatable bonds is 3. The largest absolute Gasteiger partial charge is 0.384 e. The Hall–Kier alpha value is -1.37. The summed E-state index contributed by atoms with van der Waals surface area (Å²) in [5.74, 6) is 6.39. The fraction of sp³-hybridized carbons (Fsp3) is 0.556. The van der Waals surface area contributed by atoms with Gasteiger partial charge in [0.15, 0.2) is 0 Å². The normalized spacial score (nSPS) is 25.2. The summed E-state index contributed by atoms with van der Waals surface area (Å²) in [5, 5.41) is 8.69. The molecule has 0 saturated heterocycles. The Morgan fingerprint density at radius 2 is 2.05 bits per heavy atom. The van der Waals surface area contributed by atoms with Gasteiger partial charge in [0.1, 0.15) is 12.4 Å². The van der Waals surface area contributed by atoms with E-state index in [0.29, 0.717) is 18.1 Å². The van der Waals surface area contributed by atoms with Gasteiger partial charge in [-0.3, -0.25) is 0 Å². The van der Waals surface area contributed by atoms with Crippen LogP contribution in [0.15, 0.2) is 18.2 Å². The number of ether oxygens (including phenoxy) is 1. The summed E-state index contributed by atoms with van der Waals surface area (Å²) >= 11 is 0.